The zero-order valence-electron chi connectivity index (χ0n) is 11.6. The highest BCUT2D eigenvalue weighted by Gasteiger charge is 2.41. The molecule has 1 aliphatic rings. The summed E-state index contributed by atoms with van der Waals surface area (Å²) in [5, 5.41) is 9.45. The summed E-state index contributed by atoms with van der Waals surface area (Å²) in [6, 6.07) is 2.71. The number of carbonyl (C=O) groups excluding carboxylic acids is 1. The summed E-state index contributed by atoms with van der Waals surface area (Å²) in [6.45, 7) is 3.15. The number of ether oxygens (including phenoxy) is 1. The normalized spacial score (nSPS) is 21.3. The molecule has 0 radical (unpaired) electrons. The number of rotatable bonds is 2. The third-order valence-corrected chi connectivity index (χ3v) is 3.66. The van der Waals surface area contributed by atoms with Crippen LogP contribution in [-0.2, 0) is 10.9 Å². The molecule has 1 amide bonds. The molecule has 116 valence electrons. The molecule has 1 heterocycles. The van der Waals surface area contributed by atoms with Crippen molar-refractivity contribution < 1.29 is 27.8 Å². The second-order valence-corrected chi connectivity index (χ2v) is 4.87. The van der Waals surface area contributed by atoms with Crippen LogP contribution in [0.3, 0.4) is 0 Å². The molecule has 4 nitrogen and oxygen atoms in total. The molecule has 0 fully saturated rings. The van der Waals surface area contributed by atoms with Crippen LogP contribution in [0.4, 0.5) is 23.7 Å². The number of aliphatic hydroxyl groups excluding tert-OH is 1. The van der Waals surface area contributed by atoms with Crippen LogP contribution in [0.2, 0.25) is 0 Å². The number of aliphatic hydroxyl groups is 1. The van der Waals surface area contributed by atoms with E-state index < -0.39 is 29.8 Å². The molecular weight excluding hydrogens is 287 g/mol. The lowest BCUT2D eigenvalue weighted by Crippen LogP contribution is -2.38. The van der Waals surface area contributed by atoms with Gasteiger partial charge in [0.25, 0.3) is 0 Å². The monoisotopic (exact) mass is 303 g/mol. The van der Waals surface area contributed by atoms with Crippen LogP contribution >= 0.6 is 0 Å². The van der Waals surface area contributed by atoms with E-state index in [0.29, 0.717) is 11.3 Å². The van der Waals surface area contributed by atoms with Gasteiger partial charge >= 0.3 is 12.3 Å². The van der Waals surface area contributed by atoms with Crippen LogP contribution in [0.1, 0.15) is 30.9 Å². The number of hydrogen-bond acceptors (Lipinski definition) is 3. The number of halogens is 3. The summed E-state index contributed by atoms with van der Waals surface area (Å²) >= 11 is 0. The summed E-state index contributed by atoms with van der Waals surface area (Å²) in [4.78, 5) is 13.3. The number of hydrogen-bond donors (Lipinski definition) is 1. The maximum absolute atomic E-state index is 12.8. The zero-order chi connectivity index (χ0) is 15.8. The van der Waals surface area contributed by atoms with Crippen molar-refractivity contribution in [2.24, 2.45) is 0 Å². The number of nitrogens with zero attached hydrogens (tertiary/aromatic N) is 1. The van der Waals surface area contributed by atoms with Gasteiger partial charge in [0.15, 0.2) is 0 Å². The van der Waals surface area contributed by atoms with Gasteiger partial charge in [-0.15, -0.1) is 0 Å². The number of alkyl halides is 3. The van der Waals surface area contributed by atoms with Gasteiger partial charge in [-0.1, -0.05) is 0 Å². The van der Waals surface area contributed by atoms with Gasteiger partial charge in [0, 0.05) is 12.0 Å². The van der Waals surface area contributed by atoms with Gasteiger partial charge in [-0.3, -0.25) is 4.90 Å². The molecule has 0 saturated heterocycles. The Hall–Kier alpha value is -1.76. The van der Waals surface area contributed by atoms with Crippen molar-refractivity contribution in [2.45, 2.75) is 32.0 Å². The van der Waals surface area contributed by atoms with Crippen LogP contribution in [0.25, 0.3) is 0 Å². The minimum atomic E-state index is -4.46. The smallest absolute Gasteiger partial charge is 0.416 e. The second kappa shape index (κ2) is 5.55. The fourth-order valence-corrected chi connectivity index (χ4v) is 2.61. The molecule has 2 atom stereocenters. The van der Waals surface area contributed by atoms with E-state index in [4.69, 9.17) is 4.74 Å². The van der Waals surface area contributed by atoms with Gasteiger partial charge < -0.3 is 9.84 Å². The molecule has 7 heteroatoms. The summed E-state index contributed by atoms with van der Waals surface area (Å²) in [6.07, 6.45) is -5.09. The number of anilines is 1. The first-order chi connectivity index (χ1) is 9.81. The van der Waals surface area contributed by atoms with Crippen molar-refractivity contribution in [3.8, 4) is 0 Å². The van der Waals surface area contributed by atoms with Crippen LogP contribution in [-0.4, -0.2) is 30.5 Å². The predicted octanol–water partition coefficient (Wildman–Crippen LogP) is 3.15. The Morgan fingerprint density at radius 2 is 2.10 bits per heavy atom. The van der Waals surface area contributed by atoms with Gasteiger partial charge in [-0.2, -0.15) is 13.2 Å². The Morgan fingerprint density at radius 3 is 2.62 bits per heavy atom. The van der Waals surface area contributed by atoms with Gasteiger partial charge in [0.2, 0.25) is 0 Å². The van der Waals surface area contributed by atoms with E-state index in [1.54, 1.807) is 13.8 Å². The van der Waals surface area contributed by atoms with Gasteiger partial charge in [0.1, 0.15) is 0 Å². The van der Waals surface area contributed by atoms with Gasteiger partial charge in [-0.05, 0) is 37.6 Å². The summed E-state index contributed by atoms with van der Waals surface area (Å²) in [7, 11) is 0. The largest absolute Gasteiger partial charge is 0.449 e. The molecular formula is C14H16F3NO3. The minimum Gasteiger partial charge on any atom is -0.449 e. The molecule has 0 aliphatic carbocycles. The Kier molecular flexibility index (Phi) is 4.13. The fourth-order valence-electron chi connectivity index (χ4n) is 2.61. The molecule has 2 rings (SSSR count). The van der Waals surface area contributed by atoms with Crippen molar-refractivity contribution >= 4 is 11.8 Å². The van der Waals surface area contributed by atoms with E-state index >= 15 is 0 Å². The average molecular weight is 303 g/mol. The molecule has 1 aromatic carbocycles. The highest BCUT2D eigenvalue weighted by atomic mass is 19.4. The van der Waals surface area contributed by atoms with Gasteiger partial charge in [0.05, 0.1) is 24.5 Å². The first-order valence-corrected chi connectivity index (χ1v) is 6.59. The van der Waals surface area contributed by atoms with E-state index in [9.17, 15) is 23.1 Å². The molecule has 21 heavy (non-hydrogen) atoms. The summed E-state index contributed by atoms with van der Waals surface area (Å²) in [5.41, 5.74) is -0.126. The highest BCUT2D eigenvalue weighted by molar-refractivity contribution is 5.92. The molecule has 0 spiro atoms. The summed E-state index contributed by atoms with van der Waals surface area (Å²) in [5.74, 6) is -0.563. The molecule has 0 bridgehead atoms. The Bertz CT molecular complexity index is 545. The molecule has 0 saturated carbocycles. The van der Waals surface area contributed by atoms with Crippen molar-refractivity contribution in [1.29, 1.82) is 0 Å². The molecule has 1 aliphatic heterocycles. The van der Waals surface area contributed by atoms with Crippen LogP contribution in [0, 0.1) is 0 Å². The summed E-state index contributed by atoms with van der Waals surface area (Å²) < 4.78 is 43.3. The lowest BCUT2D eigenvalue weighted by molar-refractivity contribution is -0.137. The van der Waals surface area contributed by atoms with E-state index in [2.05, 4.69) is 0 Å². The van der Waals surface area contributed by atoms with Gasteiger partial charge in [-0.25, -0.2) is 4.79 Å². The highest BCUT2D eigenvalue weighted by Crippen LogP contribution is 2.43. The number of carbonyl (C=O) groups is 1. The van der Waals surface area contributed by atoms with Crippen LogP contribution < -0.4 is 4.90 Å². The lowest BCUT2D eigenvalue weighted by Gasteiger charge is -2.23. The van der Waals surface area contributed by atoms with Crippen molar-refractivity contribution in [1.82, 2.24) is 0 Å². The standard InChI is InChI=1S/C14H16F3NO3/c1-3-21-13(20)18-8(2)11(7-19)10-6-9(14(15,16)17)4-5-12(10)18/h4-6,8,11,19H,3,7H2,1-2H3. The Morgan fingerprint density at radius 1 is 1.43 bits per heavy atom. The third-order valence-electron chi connectivity index (χ3n) is 3.66. The fraction of sp³-hybridized carbons (Fsp3) is 0.500. The van der Waals surface area contributed by atoms with E-state index in [1.807, 2.05) is 0 Å². The van der Waals surface area contributed by atoms with E-state index in [-0.39, 0.29) is 13.2 Å². The quantitative estimate of drug-likeness (QED) is 0.913. The Balaban J connectivity index is 2.48. The number of fused-ring (bicyclic) bond motifs is 1. The van der Waals surface area contributed by atoms with Crippen molar-refractivity contribution in [3.05, 3.63) is 29.3 Å². The number of amides is 1. The number of benzene rings is 1. The van der Waals surface area contributed by atoms with Crippen LogP contribution in [0.5, 0.6) is 0 Å². The molecule has 2 unspecified atom stereocenters. The topological polar surface area (TPSA) is 49.8 Å². The second-order valence-electron chi connectivity index (χ2n) is 4.87. The molecule has 0 aromatic heterocycles. The van der Waals surface area contributed by atoms with Crippen LogP contribution in [0.15, 0.2) is 18.2 Å². The predicted molar refractivity (Wildman–Crippen MR) is 70.2 cm³/mol. The van der Waals surface area contributed by atoms with E-state index in [0.717, 1.165) is 12.1 Å². The maximum Gasteiger partial charge on any atom is 0.416 e. The lowest BCUT2D eigenvalue weighted by atomic mass is 9.95. The SMILES string of the molecule is CCOC(=O)N1c2ccc(C(F)(F)F)cc2C(CO)C1C. The first kappa shape index (κ1) is 15.6. The van der Waals surface area contributed by atoms with E-state index in [1.165, 1.54) is 11.0 Å². The Labute approximate surface area is 120 Å². The third kappa shape index (κ3) is 2.70. The maximum atomic E-state index is 12.8. The zero-order valence-corrected chi connectivity index (χ0v) is 11.6. The average Bonchev–Trinajstić information content (AvgIpc) is 2.68. The first-order valence-electron chi connectivity index (χ1n) is 6.59. The minimum absolute atomic E-state index is 0.168. The van der Waals surface area contributed by atoms with Crippen molar-refractivity contribution in [3.63, 3.8) is 0 Å². The molecule has 1 N–H and O–H groups in total. The molecule has 1 aromatic rings. The van der Waals surface area contributed by atoms with Crippen molar-refractivity contribution in [2.75, 3.05) is 18.1 Å².